The van der Waals surface area contributed by atoms with Crippen molar-refractivity contribution in [2.45, 2.75) is 26.3 Å². The minimum Gasteiger partial charge on any atom is -0.494 e. The van der Waals surface area contributed by atoms with E-state index in [-0.39, 0.29) is 0 Å². The van der Waals surface area contributed by atoms with E-state index >= 15 is 0 Å². The Hall–Kier alpha value is -2.36. The molecule has 4 heteroatoms. The van der Waals surface area contributed by atoms with Crippen LogP contribution in [0.5, 0.6) is 5.75 Å². The Labute approximate surface area is 143 Å². The maximum absolute atomic E-state index is 5.88. The Kier molecular flexibility index (Phi) is 3.75. The summed E-state index contributed by atoms with van der Waals surface area (Å²) in [5.41, 5.74) is 11.8. The first-order chi connectivity index (χ1) is 11.7. The number of benzene rings is 2. The highest BCUT2D eigenvalue weighted by Gasteiger charge is 2.25. The fourth-order valence-electron chi connectivity index (χ4n) is 3.52. The average molecular weight is 318 g/mol. The van der Waals surface area contributed by atoms with Gasteiger partial charge in [-0.2, -0.15) is 0 Å². The van der Waals surface area contributed by atoms with Crippen LogP contribution in [0.3, 0.4) is 0 Å². The number of hydrogen-bond donors (Lipinski definition) is 1. The Bertz CT molecular complexity index is 879. The molecule has 1 saturated carbocycles. The molecule has 2 aromatic carbocycles. The number of nitrogens with zero attached hydrogens (tertiary/aromatic N) is 1. The number of nitrogens with two attached hydrogens (primary N) is 1. The van der Waals surface area contributed by atoms with Crippen molar-refractivity contribution in [3.8, 4) is 17.0 Å². The lowest BCUT2D eigenvalue weighted by molar-refractivity contribution is 0.340. The highest BCUT2D eigenvalue weighted by molar-refractivity contribution is 6.42. The molecule has 0 saturated heterocycles. The molecule has 3 aromatic rings. The number of hydrogen-bond acceptors (Lipinski definition) is 2. The molecule has 0 radical (unpaired) electrons. The third kappa shape index (κ3) is 2.66. The van der Waals surface area contributed by atoms with Gasteiger partial charge in [-0.05, 0) is 60.9 Å². The van der Waals surface area contributed by atoms with Gasteiger partial charge in [-0.15, -0.1) is 0 Å². The van der Waals surface area contributed by atoms with Crippen molar-refractivity contribution in [2.24, 2.45) is 5.92 Å². The van der Waals surface area contributed by atoms with Crippen LogP contribution in [0.15, 0.2) is 42.5 Å². The van der Waals surface area contributed by atoms with Gasteiger partial charge in [0, 0.05) is 24.0 Å². The van der Waals surface area contributed by atoms with Crippen LogP contribution in [0.4, 0.5) is 5.69 Å². The normalized spacial score (nSPS) is 14.2. The smallest absolute Gasteiger partial charge is 0.142 e. The highest BCUT2D eigenvalue weighted by Crippen LogP contribution is 2.35. The number of aromatic nitrogens is 1. The molecule has 122 valence electrons. The van der Waals surface area contributed by atoms with Gasteiger partial charge in [0.25, 0.3) is 0 Å². The summed E-state index contributed by atoms with van der Waals surface area (Å²) < 4.78 is 8.21. The molecule has 0 bridgehead atoms. The van der Waals surface area contributed by atoms with Crippen LogP contribution in [0.1, 0.15) is 19.8 Å². The van der Waals surface area contributed by atoms with Crippen LogP contribution in [0, 0.1) is 5.92 Å². The van der Waals surface area contributed by atoms with E-state index in [2.05, 4.69) is 42.7 Å². The van der Waals surface area contributed by atoms with E-state index in [4.69, 9.17) is 10.5 Å². The minimum atomic E-state index is 0.693. The first kappa shape index (κ1) is 15.2. The standard InChI is InChI=1S/C20H23BN2O/c1-2-24-16-9-10-17-18(11-16)23(12-13-3-4-13)20(19(17)21)14-5-7-15(22)8-6-14/h5-11,13H,2-4,12,21-22H2,1H3. The summed E-state index contributed by atoms with van der Waals surface area (Å²) in [4.78, 5) is 0. The molecular formula is C20H23BN2O. The zero-order valence-electron chi connectivity index (χ0n) is 14.4. The second kappa shape index (κ2) is 5.93. The van der Waals surface area contributed by atoms with Gasteiger partial charge in [0.15, 0.2) is 0 Å². The Morgan fingerprint density at radius 1 is 1.17 bits per heavy atom. The van der Waals surface area contributed by atoms with Gasteiger partial charge in [0.1, 0.15) is 13.6 Å². The SMILES string of the molecule is Bc1c(-c2ccc(N)cc2)n(CC2CC2)c2cc(OCC)ccc12. The molecule has 24 heavy (non-hydrogen) atoms. The van der Waals surface area contributed by atoms with E-state index in [1.807, 2.05) is 19.1 Å². The lowest BCUT2D eigenvalue weighted by atomic mass is 9.90. The van der Waals surface area contributed by atoms with Gasteiger partial charge in [-0.3, -0.25) is 0 Å². The number of nitrogen functional groups attached to an aromatic ring is 1. The van der Waals surface area contributed by atoms with E-state index in [0.29, 0.717) is 6.61 Å². The average Bonchev–Trinajstić information content (AvgIpc) is 3.35. The van der Waals surface area contributed by atoms with Crippen LogP contribution in [0.25, 0.3) is 22.2 Å². The molecule has 1 fully saturated rings. The van der Waals surface area contributed by atoms with Crippen molar-refractivity contribution >= 4 is 29.9 Å². The number of ether oxygens (including phenoxy) is 1. The number of rotatable bonds is 5. The van der Waals surface area contributed by atoms with E-state index in [1.165, 1.54) is 40.5 Å². The Morgan fingerprint density at radius 3 is 2.58 bits per heavy atom. The third-order valence-electron chi connectivity index (χ3n) is 4.92. The van der Waals surface area contributed by atoms with Crippen molar-refractivity contribution in [2.75, 3.05) is 12.3 Å². The minimum absolute atomic E-state index is 0.693. The fraction of sp³-hybridized carbons (Fsp3) is 0.300. The second-order valence-electron chi connectivity index (χ2n) is 6.76. The maximum Gasteiger partial charge on any atom is 0.142 e. The molecule has 1 aromatic heterocycles. The van der Waals surface area contributed by atoms with Gasteiger partial charge in [-0.1, -0.05) is 17.6 Å². The monoisotopic (exact) mass is 318 g/mol. The van der Waals surface area contributed by atoms with E-state index in [1.54, 1.807) is 0 Å². The highest BCUT2D eigenvalue weighted by atomic mass is 16.5. The molecule has 4 rings (SSSR count). The van der Waals surface area contributed by atoms with Crippen molar-refractivity contribution in [1.82, 2.24) is 4.57 Å². The van der Waals surface area contributed by atoms with Gasteiger partial charge >= 0.3 is 0 Å². The topological polar surface area (TPSA) is 40.2 Å². The van der Waals surface area contributed by atoms with E-state index in [0.717, 1.165) is 23.9 Å². The van der Waals surface area contributed by atoms with Crippen molar-refractivity contribution in [3.05, 3.63) is 42.5 Å². The van der Waals surface area contributed by atoms with Crippen molar-refractivity contribution < 1.29 is 4.74 Å². The molecule has 0 spiro atoms. The number of anilines is 1. The van der Waals surface area contributed by atoms with Crippen molar-refractivity contribution in [3.63, 3.8) is 0 Å². The molecule has 0 amide bonds. The first-order valence-electron chi connectivity index (χ1n) is 8.79. The largest absolute Gasteiger partial charge is 0.494 e. The zero-order valence-corrected chi connectivity index (χ0v) is 14.4. The lowest BCUT2D eigenvalue weighted by Gasteiger charge is -2.12. The molecule has 0 atom stereocenters. The summed E-state index contributed by atoms with van der Waals surface area (Å²) in [7, 11) is 2.22. The van der Waals surface area contributed by atoms with Crippen LogP contribution in [0.2, 0.25) is 0 Å². The molecule has 0 aliphatic heterocycles. The predicted molar refractivity (Wildman–Crippen MR) is 104 cm³/mol. The van der Waals surface area contributed by atoms with Gasteiger partial charge in [0.05, 0.1) is 12.1 Å². The lowest BCUT2D eigenvalue weighted by Crippen LogP contribution is -2.09. The van der Waals surface area contributed by atoms with Crippen LogP contribution < -0.4 is 15.9 Å². The molecule has 3 nitrogen and oxygen atoms in total. The fourth-order valence-corrected chi connectivity index (χ4v) is 3.52. The molecule has 2 N–H and O–H groups in total. The quantitative estimate of drug-likeness (QED) is 0.580. The summed E-state index contributed by atoms with van der Waals surface area (Å²) in [5, 5.41) is 1.31. The summed E-state index contributed by atoms with van der Waals surface area (Å²) >= 11 is 0. The van der Waals surface area contributed by atoms with Crippen LogP contribution in [-0.4, -0.2) is 19.0 Å². The van der Waals surface area contributed by atoms with Crippen LogP contribution >= 0.6 is 0 Å². The predicted octanol–water partition coefficient (Wildman–Crippen LogP) is 2.96. The molecule has 1 aliphatic rings. The zero-order chi connectivity index (χ0) is 16.7. The van der Waals surface area contributed by atoms with Gasteiger partial charge in [0.2, 0.25) is 0 Å². The van der Waals surface area contributed by atoms with Crippen molar-refractivity contribution in [1.29, 1.82) is 0 Å². The summed E-state index contributed by atoms with van der Waals surface area (Å²) in [6.07, 6.45) is 2.68. The summed E-state index contributed by atoms with van der Waals surface area (Å²) in [5.74, 6) is 1.76. The molecule has 0 unspecified atom stereocenters. The number of fused-ring (bicyclic) bond motifs is 1. The molecular weight excluding hydrogens is 295 g/mol. The second-order valence-corrected chi connectivity index (χ2v) is 6.76. The summed E-state index contributed by atoms with van der Waals surface area (Å²) in [6, 6.07) is 14.7. The Balaban J connectivity index is 1.92. The maximum atomic E-state index is 5.88. The molecule has 1 aliphatic carbocycles. The Morgan fingerprint density at radius 2 is 1.92 bits per heavy atom. The van der Waals surface area contributed by atoms with E-state index in [9.17, 15) is 0 Å². The first-order valence-corrected chi connectivity index (χ1v) is 8.79. The van der Waals surface area contributed by atoms with Gasteiger partial charge in [-0.25, -0.2) is 0 Å². The van der Waals surface area contributed by atoms with Gasteiger partial charge < -0.3 is 15.0 Å². The summed E-state index contributed by atoms with van der Waals surface area (Å²) in [6.45, 7) is 3.80. The third-order valence-corrected chi connectivity index (χ3v) is 4.92. The van der Waals surface area contributed by atoms with Crippen LogP contribution in [-0.2, 0) is 6.54 Å². The van der Waals surface area contributed by atoms with E-state index < -0.39 is 0 Å². The molecule has 1 heterocycles.